The first-order valence-corrected chi connectivity index (χ1v) is 8.97. The molecule has 2 aromatic rings. The summed E-state index contributed by atoms with van der Waals surface area (Å²) in [7, 11) is 0. The number of nitrogens with one attached hydrogen (secondary N) is 1. The summed E-state index contributed by atoms with van der Waals surface area (Å²) in [5.74, 6) is 1.87. The van der Waals surface area contributed by atoms with E-state index < -0.39 is 0 Å². The molecular weight excluding hydrogens is 378 g/mol. The number of carbonyl (C=O) groups excluding carboxylic acids is 1. The highest BCUT2D eigenvalue weighted by atomic mass is 79.9. The number of amides is 1. The van der Waals surface area contributed by atoms with Crippen molar-refractivity contribution in [3.63, 3.8) is 0 Å². The molecule has 1 aliphatic heterocycles. The van der Waals surface area contributed by atoms with Gasteiger partial charge in [0.1, 0.15) is 0 Å². The molecular formula is C17H16BrNO3S. The number of benzene rings is 2. The highest BCUT2D eigenvalue weighted by molar-refractivity contribution is 9.10. The SMILES string of the molecule is CC(NC(=O)CSc1ccc(Br)cc1)c1ccc2c(c1)OCO2. The van der Waals surface area contributed by atoms with Crippen molar-refractivity contribution in [1.82, 2.24) is 5.32 Å². The van der Waals surface area contributed by atoms with Crippen molar-refractivity contribution in [3.8, 4) is 11.5 Å². The van der Waals surface area contributed by atoms with Crippen molar-refractivity contribution in [1.29, 1.82) is 0 Å². The normalized spacial score (nSPS) is 13.7. The summed E-state index contributed by atoms with van der Waals surface area (Å²) in [5, 5.41) is 3.00. The first kappa shape index (κ1) is 16.2. The number of hydrogen-bond donors (Lipinski definition) is 1. The second kappa shape index (κ2) is 7.27. The van der Waals surface area contributed by atoms with Gasteiger partial charge in [-0.05, 0) is 48.9 Å². The second-order valence-electron chi connectivity index (χ2n) is 5.14. The Morgan fingerprint density at radius 1 is 1.22 bits per heavy atom. The number of halogens is 1. The van der Waals surface area contributed by atoms with Gasteiger partial charge < -0.3 is 14.8 Å². The van der Waals surface area contributed by atoms with Crippen molar-refractivity contribution in [2.45, 2.75) is 17.9 Å². The molecule has 1 amide bonds. The molecule has 6 heteroatoms. The van der Waals surface area contributed by atoms with Gasteiger partial charge in [-0.1, -0.05) is 22.0 Å². The number of hydrogen-bond acceptors (Lipinski definition) is 4. The molecule has 1 N–H and O–H groups in total. The molecule has 23 heavy (non-hydrogen) atoms. The van der Waals surface area contributed by atoms with Crippen LogP contribution in [0.25, 0.3) is 0 Å². The fourth-order valence-corrected chi connectivity index (χ4v) is 3.20. The Bertz CT molecular complexity index is 705. The predicted octanol–water partition coefficient (Wildman–Crippen LogP) is 4.15. The van der Waals surface area contributed by atoms with Gasteiger partial charge in [0, 0.05) is 9.37 Å². The fraction of sp³-hybridized carbons (Fsp3) is 0.235. The molecule has 2 aromatic carbocycles. The maximum atomic E-state index is 12.1. The van der Waals surface area contributed by atoms with Crippen LogP contribution in [0.1, 0.15) is 18.5 Å². The average Bonchev–Trinajstić information content (AvgIpc) is 3.02. The fourth-order valence-electron chi connectivity index (χ4n) is 2.23. The van der Waals surface area contributed by atoms with Crippen molar-refractivity contribution in [2.24, 2.45) is 0 Å². The topological polar surface area (TPSA) is 47.6 Å². The molecule has 1 aliphatic rings. The number of rotatable bonds is 5. The van der Waals surface area contributed by atoms with Crippen LogP contribution >= 0.6 is 27.7 Å². The lowest BCUT2D eigenvalue weighted by molar-refractivity contribution is -0.119. The third-order valence-corrected chi connectivity index (χ3v) is 5.00. The van der Waals surface area contributed by atoms with E-state index in [0.717, 1.165) is 26.4 Å². The molecule has 0 fully saturated rings. The molecule has 0 aromatic heterocycles. The molecule has 3 rings (SSSR count). The first-order valence-electron chi connectivity index (χ1n) is 7.19. The van der Waals surface area contributed by atoms with E-state index in [2.05, 4.69) is 21.2 Å². The van der Waals surface area contributed by atoms with Crippen LogP contribution in [0.15, 0.2) is 51.8 Å². The summed E-state index contributed by atoms with van der Waals surface area (Å²) in [6.45, 7) is 2.21. The molecule has 1 heterocycles. The monoisotopic (exact) mass is 393 g/mol. The van der Waals surface area contributed by atoms with E-state index in [1.807, 2.05) is 49.4 Å². The van der Waals surface area contributed by atoms with E-state index in [1.54, 1.807) is 0 Å². The van der Waals surface area contributed by atoms with Crippen LogP contribution in [0.5, 0.6) is 11.5 Å². The third-order valence-electron chi connectivity index (χ3n) is 3.46. The molecule has 0 radical (unpaired) electrons. The summed E-state index contributed by atoms with van der Waals surface area (Å²) in [6, 6.07) is 13.6. The molecule has 0 saturated carbocycles. The van der Waals surface area contributed by atoms with Crippen LogP contribution in [-0.2, 0) is 4.79 Å². The number of ether oxygens (including phenoxy) is 2. The summed E-state index contributed by atoms with van der Waals surface area (Å²) < 4.78 is 11.7. The van der Waals surface area contributed by atoms with E-state index in [9.17, 15) is 4.79 Å². The van der Waals surface area contributed by atoms with Crippen LogP contribution in [0.3, 0.4) is 0 Å². The van der Waals surface area contributed by atoms with Crippen LogP contribution in [0.2, 0.25) is 0 Å². The van der Waals surface area contributed by atoms with Gasteiger partial charge >= 0.3 is 0 Å². The van der Waals surface area contributed by atoms with Gasteiger partial charge in [-0.2, -0.15) is 0 Å². The number of thioether (sulfide) groups is 1. The van der Waals surface area contributed by atoms with Gasteiger partial charge in [-0.15, -0.1) is 11.8 Å². The molecule has 1 unspecified atom stereocenters. The number of fused-ring (bicyclic) bond motifs is 1. The Kier molecular flexibility index (Phi) is 5.13. The van der Waals surface area contributed by atoms with E-state index >= 15 is 0 Å². The van der Waals surface area contributed by atoms with Gasteiger partial charge in [-0.3, -0.25) is 4.79 Å². The van der Waals surface area contributed by atoms with E-state index in [-0.39, 0.29) is 18.7 Å². The van der Waals surface area contributed by atoms with Crippen molar-refractivity contribution >= 4 is 33.6 Å². The molecule has 0 aliphatic carbocycles. The Morgan fingerprint density at radius 3 is 2.74 bits per heavy atom. The highest BCUT2D eigenvalue weighted by Crippen LogP contribution is 2.34. The summed E-state index contributed by atoms with van der Waals surface area (Å²) in [5.41, 5.74) is 0.997. The summed E-state index contributed by atoms with van der Waals surface area (Å²) in [4.78, 5) is 13.2. The van der Waals surface area contributed by atoms with Crippen molar-refractivity contribution in [3.05, 3.63) is 52.5 Å². The maximum absolute atomic E-state index is 12.1. The minimum Gasteiger partial charge on any atom is -0.454 e. The molecule has 4 nitrogen and oxygen atoms in total. The molecule has 1 atom stereocenters. The molecule has 0 saturated heterocycles. The zero-order chi connectivity index (χ0) is 16.2. The maximum Gasteiger partial charge on any atom is 0.231 e. The lowest BCUT2D eigenvalue weighted by Crippen LogP contribution is -2.28. The van der Waals surface area contributed by atoms with Crippen molar-refractivity contribution in [2.75, 3.05) is 12.5 Å². The summed E-state index contributed by atoms with van der Waals surface area (Å²) >= 11 is 4.91. The quantitative estimate of drug-likeness (QED) is 0.775. The third kappa shape index (κ3) is 4.20. The lowest BCUT2D eigenvalue weighted by Gasteiger charge is -2.14. The highest BCUT2D eigenvalue weighted by Gasteiger charge is 2.16. The van der Waals surface area contributed by atoms with E-state index in [0.29, 0.717) is 5.75 Å². The molecule has 0 bridgehead atoms. The average molecular weight is 394 g/mol. The van der Waals surface area contributed by atoms with Crippen molar-refractivity contribution < 1.29 is 14.3 Å². The Hall–Kier alpha value is -1.66. The first-order chi connectivity index (χ1) is 11.1. The second-order valence-corrected chi connectivity index (χ2v) is 7.11. The van der Waals surface area contributed by atoms with E-state index in [1.165, 1.54) is 11.8 Å². The van der Waals surface area contributed by atoms with Gasteiger partial charge in [0.15, 0.2) is 11.5 Å². The summed E-state index contributed by atoms with van der Waals surface area (Å²) in [6.07, 6.45) is 0. The Morgan fingerprint density at radius 2 is 1.96 bits per heavy atom. The standard InChI is InChI=1S/C17H16BrNO3S/c1-11(12-2-7-15-16(8-12)22-10-21-15)19-17(20)9-23-14-5-3-13(18)4-6-14/h2-8,11H,9-10H2,1H3,(H,19,20). The van der Waals surface area contributed by atoms with Gasteiger partial charge in [-0.25, -0.2) is 0 Å². The number of carbonyl (C=O) groups is 1. The van der Waals surface area contributed by atoms with Crippen LogP contribution in [0, 0.1) is 0 Å². The van der Waals surface area contributed by atoms with Gasteiger partial charge in [0.25, 0.3) is 0 Å². The van der Waals surface area contributed by atoms with E-state index in [4.69, 9.17) is 9.47 Å². The Balaban J connectivity index is 1.54. The minimum absolute atomic E-state index is 0.00286. The zero-order valence-electron chi connectivity index (χ0n) is 12.5. The van der Waals surface area contributed by atoms with Gasteiger partial charge in [0.2, 0.25) is 12.7 Å². The predicted molar refractivity (Wildman–Crippen MR) is 94.0 cm³/mol. The minimum atomic E-state index is -0.0810. The smallest absolute Gasteiger partial charge is 0.231 e. The Labute approximate surface area is 147 Å². The lowest BCUT2D eigenvalue weighted by atomic mass is 10.1. The largest absolute Gasteiger partial charge is 0.454 e. The van der Waals surface area contributed by atoms with Gasteiger partial charge in [0.05, 0.1) is 11.8 Å². The molecule has 0 spiro atoms. The van der Waals surface area contributed by atoms with Crippen LogP contribution < -0.4 is 14.8 Å². The molecule has 120 valence electrons. The zero-order valence-corrected chi connectivity index (χ0v) is 14.9. The van der Waals surface area contributed by atoms with Crippen LogP contribution in [-0.4, -0.2) is 18.5 Å². The van der Waals surface area contributed by atoms with Crippen LogP contribution in [0.4, 0.5) is 0 Å².